The van der Waals surface area contributed by atoms with Crippen LogP contribution in [0.2, 0.25) is 0 Å². The van der Waals surface area contributed by atoms with E-state index in [1.807, 2.05) is 97.1 Å². The molecule has 0 saturated carbocycles. The van der Waals surface area contributed by atoms with E-state index in [0.29, 0.717) is 0 Å². The highest BCUT2D eigenvalue weighted by molar-refractivity contribution is 7.48. The number of phosphoric acid groups is 1. The lowest BCUT2D eigenvalue weighted by Gasteiger charge is -2.27. The van der Waals surface area contributed by atoms with Crippen LogP contribution in [-0.2, 0) is 63.6 Å². The number of aliphatic hydroxyl groups is 1. The number of aliphatic hydroxyl groups excluding tert-OH is 1. The molecule has 10 heteroatoms. The largest absolute Gasteiger partial charge is 0.485 e. The average Bonchev–Trinajstić information content (AvgIpc) is 3.39. The molecule has 0 spiro atoms. The van der Waals surface area contributed by atoms with Crippen LogP contribution in [0.1, 0.15) is 22.3 Å². The average molecular weight is 617 g/mol. The van der Waals surface area contributed by atoms with Crippen molar-refractivity contribution < 1.29 is 42.2 Å². The van der Waals surface area contributed by atoms with Crippen molar-refractivity contribution in [2.24, 2.45) is 0 Å². The van der Waals surface area contributed by atoms with Crippen molar-refractivity contribution in [3.8, 4) is 0 Å². The SMILES string of the molecule is O=C1O[C@@H]([C@@H](CO)OP(=O)(OCc2ccccc2)OCc2ccccc2)C(OCc2ccccc2)=C1OCc1ccccc1. The molecule has 9 nitrogen and oxygen atoms in total. The second kappa shape index (κ2) is 15.5. The summed E-state index contributed by atoms with van der Waals surface area (Å²) in [5, 5.41) is 10.4. The molecule has 0 radical (unpaired) electrons. The lowest BCUT2D eigenvalue weighted by atomic mass is 10.1. The molecule has 1 aliphatic rings. The number of hydrogen-bond acceptors (Lipinski definition) is 9. The van der Waals surface area contributed by atoms with Gasteiger partial charge in [0, 0.05) is 0 Å². The summed E-state index contributed by atoms with van der Waals surface area (Å²) < 4.78 is 48.9. The van der Waals surface area contributed by atoms with Gasteiger partial charge in [0.05, 0.1) is 19.8 Å². The Kier molecular flexibility index (Phi) is 11.0. The van der Waals surface area contributed by atoms with E-state index in [1.54, 1.807) is 24.3 Å². The van der Waals surface area contributed by atoms with Crippen LogP contribution in [0.3, 0.4) is 0 Å². The first kappa shape index (κ1) is 31.2. The Morgan fingerprint density at radius 1 is 0.636 bits per heavy atom. The highest BCUT2D eigenvalue weighted by atomic mass is 31.2. The Balaban J connectivity index is 1.39. The predicted octanol–water partition coefficient (Wildman–Crippen LogP) is 6.48. The third kappa shape index (κ3) is 8.66. The summed E-state index contributed by atoms with van der Waals surface area (Å²) >= 11 is 0. The van der Waals surface area contributed by atoms with Crippen molar-refractivity contribution in [1.29, 1.82) is 0 Å². The third-order valence-corrected chi connectivity index (χ3v) is 8.03. The minimum absolute atomic E-state index is 0.00602. The molecule has 228 valence electrons. The molecular formula is C34H33O9P. The monoisotopic (exact) mass is 616 g/mol. The highest BCUT2D eigenvalue weighted by Gasteiger charge is 2.46. The molecular weight excluding hydrogens is 583 g/mol. The van der Waals surface area contributed by atoms with Crippen LogP contribution in [-0.4, -0.2) is 29.9 Å². The zero-order valence-corrected chi connectivity index (χ0v) is 24.8. The van der Waals surface area contributed by atoms with E-state index >= 15 is 0 Å². The fourth-order valence-electron chi connectivity index (χ4n) is 4.34. The maximum atomic E-state index is 14.0. The van der Waals surface area contributed by atoms with Crippen LogP contribution in [0.15, 0.2) is 133 Å². The number of rotatable bonds is 16. The number of carbonyl (C=O) groups excluding carboxylic acids is 1. The van der Waals surface area contributed by atoms with Gasteiger partial charge in [0.2, 0.25) is 5.76 Å². The summed E-state index contributed by atoms with van der Waals surface area (Å²) in [5.41, 5.74) is 3.11. The van der Waals surface area contributed by atoms with Gasteiger partial charge in [-0.1, -0.05) is 121 Å². The van der Waals surface area contributed by atoms with E-state index in [4.69, 9.17) is 27.8 Å². The molecule has 0 fully saturated rings. The lowest BCUT2D eigenvalue weighted by Crippen LogP contribution is -2.35. The topological polar surface area (TPSA) is 110 Å². The fraction of sp³-hybridized carbons (Fsp3) is 0.206. The van der Waals surface area contributed by atoms with Crippen molar-refractivity contribution in [1.82, 2.24) is 0 Å². The normalized spacial score (nSPS) is 15.6. The zero-order valence-electron chi connectivity index (χ0n) is 23.9. The molecule has 2 atom stereocenters. The Bertz CT molecular complexity index is 1500. The van der Waals surface area contributed by atoms with Gasteiger partial charge in [-0.15, -0.1) is 0 Å². The van der Waals surface area contributed by atoms with Crippen molar-refractivity contribution in [2.75, 3.05) is 6.61 Å². The molecule has 5 rings (SSSR count). The molecule has 0 amide bonds. The Hall–Kier alpha value is -4.24. The van der Waals surface area contributed by atoms with Crippen LogP contribution in [0.4, 0.5) is 0 Å². The van der Waals surface area contributed by atoms with Gasteiger partial charge in [-0.3, -0.25) is 13.6 Å². The second-order valence-electron chi connectivity index (χ2n) is 9.86. The molecule has 4 aromatic rings. The molecule has 0 bridgehead atoms. The van der Waals surface area contributed by atoms with E-state index in [9.17, 15) is 14.5 Å². The van der Waals surface area contributed by atoms with Crippen LogP contribution in [0.5, 0.6) is 0 Å². The predicted molar refractivity (Wildman–Crippen MR) is 161 cm³/mol. The van der Waals surface area contributed by atoms with Crippen molar-refractivity contribution in [2.45, 2.75) is 38.6 Å². The van der Waals surface area contributed by atoms with Crippen LogP contribution in [0, 0.1) is 0 Å². The van der Waals surface area contributed by atoms with Crippen molar-refractivity contribution in [3.63, 3.8) is 0 Å². The number of carbonyl (C=O) groups is 1. The number of cyclic esters (lactones) is 1. The molecule has 0 saturated heterocycles. The first-order valence-corrected chi connectivity index (χ1v) is 15.5. The maximum absolute atomic E-state index is 14.0. The summed E-state index contributed by atoms with van der Waals surface area (Å²) in [5.74, 6) is -0.963. The molecule has 0 aromatic heterocycles. The van der Waals surface area contributed by atoms with Crippen molar-refractivity contribution >= 4 is 13.8 Å². The van der Waals surface area contributed by atoms with Gasteiger partial charge in [-0.2, -0.15) is 0 Å². The standard InChI is InChI=1S/C34H33O9P/c35-21-30(43-44(37,40-24-28-17-9-3-10-18-28)41-25-29-19-11-4-12-20-29)31-32(38-22-26-13-5-1-6-14-26)33(34(36)42-31)39-23-27-15-7-2-8-16-27/h1-20,30-31,35H,21-25H2/t30-,31+/m1/s1. The van der Waals surface area contributed by atoms with Crippen LogP contribution < -0.4 is 0 Å². The van der Waals surface area contributed by atoms with E-state index in [2.05, 4.69) is 0 Å². The van der Waals surface area contributed by atoms with E-state index < -0.39 is 32.6 Å². The molecule has 1 heterocycles. The first-order valence-electron chi connectivity index (χ1n) is 14.1. The molecule has 44 heavy (non-hydrogen) atoms. The molecule has 0 unspecified atom stereocenters. The van der Waals surface area contributed by atoms with Gasteiger partial charge in [0.1, 0.15) is 19.3 Å². The molecule has 1 N–H and O–H groups in total. The Morgan fingerprint density at radius 3 is 1.48 bits per heavy atom. The van der Waals surface area contributed by atoms with Gasteiger partial charge in [0.25, 0.3) is 0 Å². The minimum atomic E-state index is -4.35. The van der Waals surface area contributed by atoms with E-state index in [1.165, 1.54) is 0 Å². The number of ether oxygens (including phenoxy) is 3. The Labute approximate surface area is 256 Å². The van der Waals surface area contributed by atoms with E-state index in [-0.39, 0.29) is 37.9 Å². The summed E-state index contributed by atoms with van der Waals surface area (Å²) in [6.07, 6.45) is -2.67. The number of phosphoric ester groups is 1. The van der Waals surface area contributed by atoms with Gasteiger partial charge < -0.3 is 19.3 Å². The maximum Gasteiger partial charge on any atom is 0.475 e. The smallest absolute Gasteiger partial charge is 0.475 e. The highest BCUT2D eigenvalue weighted by Crippen LogP contribution is 2.53. The van der Waals surface area contributed by atoms with Gasteiger partial charge in [0.15, 0.2) is 11.9 Å². The summed E-state index contributed by atoms with van der Waals surface area (Å²) in [6, 6.07) is 36.8. The van der Waals surface area contributed by atoms with Gasteiger partial charge in [-0.25, -0.2) is 9.36 Å². The summed E-state index contributed by atoms with van der Waals surface area (Å²) in [7, 11) is -4.35. The quantitative estimate of drug-likeness (QED) is 0.112. The third-order valence-electron chi connectivity index (χ3n) is 6.61. The zero-order chi connectivity index (χ0) is 30.6. The number of benzene rings is 4. The molecule has 4 aromatic carbocycles. The van der Waals surface area contributed by atoms with Crippen molar-refractivity contribution in [3.05, 3.63) is 155 Å². The summed E-state index contributed by atoms with van der Waals surface area (Å²) in [6.45, 7) is -0.732. The number of esters is 1. The second-order valence-corrected chi connectivity index (χ2v) is 11.5. The summed E-state index contributed by atoms with van der Waals surface area (Å²) in [4.78, 5) is 13.1. The van der Waals surface area contributed by atoms with Gasteiger partial charge >= 0.3 is 13.8 Å². The van der Waals surface area contributed by atoms with Gasteiger partial charge in [-0.05, 0) is 22.3 Å². The van der Waals surface area contributed by atoms with Crippen LogP contribution >= 0.6 is 7.82 Å². The lowest BCUT2D eigenvalue weighted by molar-refractivity contribution is -0.148. The Morgan fingerprint density at radius 2 is 1.05 bits per heavy atom. The molecule has 0 aliphatic carbocycles. The molecule has 1 aliphatic heterocycles. The minimum Gasteiger partial charge on any atom is -0.485 e. The first-order chi connectivity index (χ1) is 21.5. The van der Waals surface area contributed by atoms with E-state index in [0.717, 1.165) is 22.3 Å². The van der Waals surface area contributed by atoms with Crippen LogP contribution in [0.25, 0.3) is 0 Å². The number of hydrogen-bond donors (Lipinski definition) is 1. The fourth-order valence-corrected chi connectivity index (χ4v) is 5.66.